The molecule has 27 heavy (non-hydrogen) atoms. The molecule has 2 aromatic rings. The molecule has 2 N–H and O–H groups in total. The van der Waals surface area contributed by atoms with Gasteiger partial charge in [-0.15, -0.1) is 10.3 Å². The molecule has 0 saturated carbocycles. The summed E-state index contributed by atoms with van der Waals surface area (Å²) < 4.78 is 19.3. The van der Waals surface area contributed by atoms with Crippen molar-refractivity contribution in [2.45, 2.75) is 38.2 Å². The normalized spacial score (nSPS) is 14.6. The van der Waals surface area contributed by atoms with E-state index in [0.717, 1.165) is 0 Å². The van der Waals surface area contributed by atoms with Crippen molar-refractivity contribution >= 4 is 39.0 Å². The van der Waals surface area contributed by atoms with E-state index in [1.807, 2.05) is 4.57 Å². The van der Waals surface area contributed by atoms with Gasteiger partial charge in [-0.05, 0) is 12.5 Å². The Morgan fingerprint density at radius 2 is 1.96 bits per heavy atom. The van der Waals surface area contributed by atoms with Gasteiger partial charge in [0.15, 0.2) is 10.8 Å². The Labute approximate surface area is 167 Å². The molecule has 0 spiro atoms. The van der Waals surface area contributed by atoms with E-state index in [1.54, 1.807) is 13.4 Å². The van der Waals surface area contributed by atoms with Crippen LogP contribution in [0.3, 0.4) is 0 Å². The maximum atomic E-state index is 6.10. The second-order valence-corrected chi connectivity index (χ2v) is 11.8. The molecule has 0 aliphatic rings. The van der Waals surface area contributed by atoms with Crippen LogP contribution in [0.25, 0.3) is 11.2 Å². The number of rotatable bonds is 9. The highest BCUT2D eigenvalue weighted by atomic mass is 35.5. The zero-order valence-electron chi connectivity index (χ0n) is 16.9. The van der Waals surface area contributed by atoms with E-state index in [2.05, 4.69) is 48.2 Å². The molecule has 0 radical (unpaired) electrons. The quantitative estimate of drug-likeness (QED) is 0.492. The molecule has 0 aliphatic carbocycles. The number of hydrogen-bond acceptors (Lipinski definition) is 7. The number of anilines is 1. The standard InChI is InChI=1S/C17H30ClN5O3S/c1-17(2,3)27(5,6)26-8-7-25-12(10-24-4)9-23-11-20-13-14(18)21-16(19)22-15(13)23/h11-12H,7-10H2,1-6H3,(H2,19,21,22). The van der Waals surface area contributed by atoms with E-state index in [4.69, 9.17) is 31.0 Å². The lowest BCUT2D eigenvalue weighted by Gasteiger charge is -2.43. The first-order valence-corrected chi connectivity index (χ1v) is 11.4. The second-order valence-electron chi connectivity index (χ2n) is 7.56. The molecule has 2 heterocycles. The third-order valence-electron chi connectivity index (χ3n) is 4.48. The van der Waals surface area contributed by atoms with Crippen molar-refractivity contribution in [3.63, 3.8) is 0 Å². The number of ether oxygens (including phenoxy) is 2. The first-order chi connectivity index (χ1) is 12.5. The highest BCUT2D eigenvalue weighted by molar-refractivity contribution is 8.29. The van der Waals surface area contributed by atoms with E-state index in [0.29, 0.717) is 37.5 Å². The molecule has 0 aromatic carbocycles. The molecule has 0 saturated heterocycles. The summed E-state index contributed by atoms with van der Waals surface area (Å²) in [6.45, 7) is 8.53. The lowest BCUT2D eigenvalue weighted by atomic mass is 10.3. The number of fused-ring (bicyclic) bond motifs is 1. The predicted octanol–water partition coefficient (Wildman–Crippen LogP) is 2.89. The molecule has 2 rings (SSSR count). The van der Waals surface area contributed by atoms with Crippen LogP contribution in [-0.2, 0) is 20.2 Å². The fourth-order valence-corrected chi connectivity index (χ4v) is 3.31. The summed E-state index contributed by atoms with van der Waals surface area (Å²) in [5, 5.41) is 0.237. The van der Waals surface area contributed by atoms with Gasteiger partial charge in [-0.1, -0.05) is 32.4 Å². The van der Waals surface area contributed by atoms with Crippen LogP contribution in [0.2, 0.25) is 5.15 Å². The molecule has 2 aromatic heterocycles. The van der Waals surface area contributed by atoms with Crippen molar-refractivity contribution < 1.29 is 13.7 Å². The lowest BCUT2D eigenvalue weighted by Crippen LogP contribution is -2.29. The zero-order valence-corrected chi connectivity index (χ0v) is 18.4. The molecule has 0 bridgehead atoms. The number of halogens is 1. The van der Waals surface area contributed by atoms with Crippen molar-refractivity contribution in [2.24, 2.45) is 0 Å². The minimum Gasteiger partial charge on any atom is -0.382 e. The zero-order chi connectivity index (χ0) is 20.2. The van der Waals surface area contributed by atoms with Crippen molar-refractivity contribution in [1.82, 2.24) is 19.5 Å². The van der Waals surface area contributed by atoms with Crippen LogP contribution in [0.4, 0.5) is 5.95 Å². The van der Waals surface area contributed by atoms with E-state index in [1.165, 1.54) is 0 Å². The van der Waals surface area contributed by atoms with E-state index in [-0.39, 0.29) is 22.0 Å². The van der Waals surface area contributed by atoms with Gasteiger partial charge in [0.05, 0.1) is 38.8 Å². The van der Waals surface area contributed by atoms with Gasteiger partial charge in [-0.2, -0.15) is 9.97 Å². The third-order valence-corrected chi connectivity index (χ3v) is 8.45. The van der Waals surface area contributed by atoms with Crippen LogP contribution in [0, 0.1) is 0 Å². The van der Waals surface area contributed by atoms with E-state index in [9.17, 15) is 0 Å². The molecule has 0 amide bonds. The van der Waals surface area contributed by atoms with Gasteiger partial charge >= 0.3 is 0 Å². The fourth-order valence-electron chi connectivity index (χ4n) is 2.25. The number of aromatic nitrogens is 4. The smallest absolute Gasteiger partial charge is 0.223 e. The molecular weight excluding hydrogens is 390 g/mol. The number of imidazole rings is 1. The van der Waals surface area contributed by atoms with Crippen LogP contribution in [-0.4, -0.2) is 69.8 Å². The lowest BCUT2D eigenvalue weighted by molar-refractivity contribution is -0.0192. The van der Waals surface area contributed by atoms with Gasteiger partial charge in [-0.25, -0.2) is 4.98 Å². The number of nitrogen functional groups attached to an aromatic ring is 1. The van der Waals surface area contributed by atoms with E-state index < -0.39 is 10.3 Å². The highest BCUT2D eigenvalue weighted by Gasteiger charge is 2.28. The summed E-state index contributed by atoms with van der Waals surface area (Å²) in [5.41, 5.74) is 6.79. The van der Waals surface area contributed by atoms with Crippen molar-refractivity contribution in [1.29, 1.82) is 0 Å². The van der Waals surface area contributed by atoms with Crippen LogP contribution >= 0.6 is 21.9 Å². The Kier molecular flexibility index (Phi) is 7.32. The maximum absolute atomic E-state index is 6.10. The van der Waals surface area contributed by atoms with Crippen LogP contribution < -0.4 is 5.73 Å². The SMILES string of the molecule is COCC(Cn1cnc2c(Cl)nc(N)nc21)OCCOS(C)(C)C(C)(C)C. The van der Waals surface area contributed by atoms with Crippen LogP contribution in [0.5, 0.6) is 0 Å². The predicted molar refractivity (Wildman–Crippen MR) is 112 cm³/mol. The Hall–Kier alpha value is -1.13. The minimum absolute atomic E-state index is 0.110. The first-order valence-electron chi connectivity index (χ1n) is 8.67. The van der Waals surface area contributed by atoms with Crippen molar-refractivity contribution in [3.05, 3.63) is 11.5 Å². The van der Waals surface area contributed by atoms with Gasteiger partial charge in [0.25, 0.3) is 0 Å². The molecule has 0 aliphatic heterocycles. The summed E-state index contributed by atoms with van der Waals surface area (Å²) in [7, 11) is 0.473. The number of methoxy groups -OCH3 is 1. The van der Waals surface area contributed by atoms with Crippen molar-refractivity contribution in [3.8, 4) is 0 Å². The monoisotopic (exact) mass is 419 g/mol. The summed E-state index contributed by atoms with van der Waals surface area (Å²) in [4.78, 5) is 12.4. The molecule has 0 fully saturated rings. The summed E-state index contributed by atoms with van der Waals surface area (Å²) in [6.07, 6.45) is 5.81. The van der Waals surface area contributed by atoms with Gasteiger partial charge in [0.2, 0.25) is 5.95 Å². The van der Waals surface area contributed by atoms with Gasteiger partial charge in [0.1, 0.15) is 5.52 Å². The minimum atomic E-state index is -1.17. The number of nitrogens with zero attached hydrogens (tertiary/aromatic N) is 4. The van der Waals surface area contributed by atoms with Crippen LogP contribution in [0.1, 0.15) is 20.8 Å². The molecule has 8 nitrogen and oxygen atoms in total. The molecule has 1 unspecified atom stereocenters. The molecule has 10 heteroatoms. The summed E-state index contributed by atoms with van der Waals surface area (Å²) >= 11 is 6.08. The Morgan fingerprint density at radius 1 is 1.26 bits per heavy atom. The Morgan fingerprint density at radius 3 is 2.59 bits per heavy atom. The van der Waals surface area contributed by atoms with Crippen molar-refractivity contribution in [2.75, 3.05) is 45.2 Å². The second kappa shape index (κ2) is 8.91. The molecular formula is C17H30ClN5O3S. The van der Waals surface area contributed by atoms with Gasteiger partial charge in [0, 0.05) is 11.9 Å². The Balaban J connectivity index is 1.98. The maximum Gasteiger partial charge on any atom is 0.223 e. The number of nitrogens with two attached hydrogens (primary N) is 1. The first kappa shape index (κ1) is 22.2. The summed E-state index contributed by atoms with van der Waals surface area (Å²) in [6, 6.07) is 0. The van der Waals surface area contributed by atoms with Crippen LogP contribution in [0.15, 0.2) is 6.33 Å². The average molecular weight is 420 g/mol. The molecule has 154 valence electrons. The Bertz CT molecular complexity index is 763. The fraction of sp³-hybridized carbons (Fsp3) is 0.706. The largest absolute Gasteiger partial charge is 0.382 e. The van der Waals surface area contributed by atoms with E-state index >= 15 is 0 Å². The number of hydrogen-bond donors (Lipinski definition) is 1. The average Bonchev–Trinajstić information content (AvgIpc) is 2.93. The molecule has 1 atom stereocenters. The van der Waals surface area contributed by atoms with Gasteiger partial charge in [-0.3, -0.25) is 0 Å². The third kappa shape index (κ3) is 5.68. The summed E-state index contributed by atoms with van der Waals surface area (Å²) in [5.74, 6) is 0.110. The highest BCUT2D eigenvalue weighted by Crippen LogP contribution is 2.53. The topological polar surface area (TPSA) is 97.3 Å². The van der Waals surface area contributed by atoms with Gasteiger partial charge < -0.3 is 24.0 Å².